The predicted octanol–water partition coefficient (Wildman–Crippen LogP) is 2.41. The molecule has 1 atom stereocenters. The molecule has 13 heavy (non-hydrogen) atoms. The quantitative estimate of drug-likeness (QED) is 0.517. The fourth-order valence-corrected chi connectivity index (χ4v) is 2.59. The molecule has 0 rings (SSSR count). The van der Waals surface area contributed by atoms with Crippen LogP contribution in [0.5, 0.6) is 0 Å². The van der Waals surface area contributed by atoms with E-state index < -0.39 is 18.5 Å². The lowest BCUT2D eigenvalue weighted by Gasteiger charge is -2.19. The summed E-state index contributed by atoms with van der Waals surface area (Å²) in [5.41, 5.74) is 0. The molecule has 0 aliphatic carbocycles. The highest BCUT2D eigenvalue weighted by Crippen LogP contribution is 2.54. The Hall–Kier alpha value is 0.110. The fourth-order valence-electron chi connectivity index (χ4n) is 0.751. The van der Waals surface area contributed by atoms with Crippen LogP contribution in [0.3, 0.4) is 0 Å². The Morgan fingerprint density at radius 3 is 2.00 bits per heavy atom. The Morgan fingerprint density at radius 2 is 1.77 bits per heavy atom. The minimum Gasteiger partial charge on any atom is -0.308 e. The normalized spacial score (nSPS) is 14.2. The molecule has 78 valence electrons. The van der Waals surface area contributed by atoms with Gasteiger partial charge in [0.05, 0.1) is 13.2 Å². The smallest absolute Gasteiger partial charge is 0.308 e. The Balaban J connectivity index is 4.57. The Bertz CT molecular complexity index is 209. The second-order valence-corrected chi connectivity index (χ2v) is 5.18. The summed E-state index contributed by atoms with van der Waals surface area (Å²) in [6.07, 6.45) is 0. The second-order valence-electron chi connectivity index (χ2n) is 2.32. The summed E-state index contributed by atoms with van der Waals surface area (Å²) in [7, 11) is -3.45. The third-order valence-corrected chi connectivity index (χ3v) is 4.41. The zero-order valence-electron chi connectivity index (χ0n) is 7.95. The van der Waals surface area contributed by atoms with Crippen molar-refractivity contribution in [2.45, 2.75) is 25.9 Å². The molecule has 6 heteroatoms. The van der Waals surface area contributed by atoms with E-state index in [0.29, 0.717) is 0 Å². The van der Waals surface area contributed by atoms with E-state index in [0.717, 1.165) is 0 Å². The Labute approximate surface area is 83.1 Å². The number of ketones is 1. The number of hydrogen-bond acceptors (Lipinski definition) is 4. The van der Waals surface area contributed by atoms with Gasteiger partial charge in [-0.3, -0.25) is 9.36 Å². The first kappa shape index (κ1) is 13.1. The molecule has 0 bridgehead atoms. The average Bonchev–Trinajstić information content (AvgIpc) is 2.03. The zero-order chi connectivity index (χ0) is 10.5. The molecular formula is C7H14ClO4P. The first-order valence-electron chi connectivity index (χ1n) is 4.01. The van der Waals surface area contributed by atoms with Crippen molar-refractivity contribution in [3.8, 4) is 0 Å². The molecule has 0 unspecified atom stereocenters. The molecule has 0 saturated heterocycles. The van der Waals surface area contributed by atoms with Gasteiger partial charge in [-0.2, -0.15) is 0 Å². The maximum Gasteiger partial charge on any atom is 0.355 e. The molecule has 0 amide bonds. The monoisotopic (exact) mass is 228 g/mol. The fraction of sp³-hybridized carbons (Fsp3) is 0.857. The van der Waals surface area contributed by atoms with Crippen molar-refractivity contribution in [3.63, 3.8) is 0 Å². The predicted molar refractivity (Wildman–Crippen MR) is 51.2 cm³/mol. The molecule has 0 aromatic heterocycles. The topological polar surface area (TPSA) is 52.6 Å². The average molecular weight is 229 g/mol. The number of hydrogen-bond donors (Lipinski definition) is 0. The van der Waals surface area contributed by atoms with Crippen LogP contribution in [0.2, 0.25) is 0 Å². The van der Waals surface area contributed by atoms with Gasteiger partial charge in [0.25, 0.3) is 0 Å². The summed E-state index contributed by atoms with van der Waals surface area (Å²) in [6.45, 7) is 4.98. The van der Waals surface area contributed by atoms with Gasteiger partial charge >= 0.3 is 7.60 Å². The van der Waals surface area contributed by atoms with Gasteiger partial charge in [0.2, 0.25) is 0 Å². The molecule has 0 heterocycles. The van der Waals surface area contributed by atoms with Gasteiger partial charge in [0.15, 0.2) is 10.9 Å². The number of halogens is 1. The third kappa shape index (κ3) is 3.77. The van der Waals surface area contributed by atoms with Crippen molar-refractivity contribution in [2.24, 2.45) is 0 Å². The lowest BCUT2D eigenvalue weighted by atomic mass is 10.5. The van der Waals surface area contributed by atoms with Crippen LogP contribution in [0.15, 0.2) is 0 Å². The van der Waals surface area contributed by atoms with Gasteiger partial charge in [0.1, 0.15) is 0 Å². The van der Waals surface area contributed by atoms with Crippen LogP contribution in [0.4, 0.5) is 0 Å². The summed E-state index contributed by atoms with van der Waals surface area (Å²) >= 11 is 5.62. The van der Waals surface area contributed by atoms with E-state index >= 15 is 0 Å². The highest BCUT2D eigenvalue weighted by Gasteiger charge is 2.37. The van der Waals surface area contributed by atoms with E-state index in [1.807, 2.05) is 0 Å². The molecule has 4 nitrogen and oxygen atoms in total. The van der Waals surface area contributed by atoms with E-state index in [9.17, 15) is 9.36 Å². The minimum atomic E-state index is -3.45. The molecule has 0 aliphatic rings. The summed E-state index contributed by atoms with van der Waals surface area (Å²) < 4.78 is 21.5. The molecule has 0 saturated carbocycles. The van der Waals surface area contributed by atoms with E-state index in [-0.39, 0.29) is 13.2 Å². The van der Waals surface area contributed by atoms with E-state index in [2.05, 4.69) is 0 Å². The van der Waals surface area contributed by atoms with E-state index in [4.69, 9.17) is 20.6 Å². The maximum absolute atomic E-state index is 11.8. The standard InChI is InChI=1S/C7H14ClO4P/c1-4-11-13(10,12-5-2)7(8)6(3)9/h7H,4-5H2,1-3H3/t7-/m0/s1. The zero-order valence-corrected chi connectivity index (χ0v) is 9.60. The molecule has 0 N–H and O–H groups in total. The number of rotatable bonds is 6. The summed E-state index contributed by atoms with van der Waals surface area (Å²) in [5, 5.41) is -1.20. The van der Waals surface area contributed by atoms with Gasteiger partial charge < -0.3 is 9.05 Å². The molecule has 0 aromatic carbocycles. The van der Waals surface area contributed by atoms with E-state index in [1.165, 1.54) is 6.92 Å². The highest BCUT2D eigenvalue weighted by atomic mass is 35.5. The first-order valence-corrected chi connectivity index (χ1v) is 6.06. The molecule has 0 aromatic rings. The number of carbonyl (C=O) groups is 1. The summed E-state index contributed by atoms with van der Waals surface area (Å²) in [4.78, 5) is 10.9. The molecule has 0 spiro atoms. The maximum atomic E-state index is 11.8. The molecular weight excluding hydrogens is 214 g/mol. The van der Waals surface area contributed by atoms with Crippen molar-refractivity contribution >= 4 is 25.0 Å². The van der Waals surface area contributed by atoms with Crippen LogP contribution >= 0.6 is 19.2 Å². The SMILES string of the molecule is CCOP(=O)(OCC)[C@H](Cl)C(C)=O. The van der Waals surface area contributed by atoms with Gasteiger partial charge in [-0.25, -0.2) is 0 Å². The Morgan fingerprint density at radius 1 is 1.38 bits per heavy atom. The van der Waals surface area contributed by atoms with Crippen molar-refractivity contribution in [1.82, 2.24) is 0 Å². The molecule has 0 aliphatic heterocycles. The number of alkyl halides is 1. The van der Waals surface area contributed by atoms with E-state index in [1.54, 1.807) is 13.8 Å². The molecule has 0 fully saturated rings. The number of Topliss-reactive ketones (excluding diaryl/α,β-unsaturated/α-hetero) is 1. The van der Waals surface area contributed by atoms with Crippen LogP contribution in [0.25, 0.3) is 0 Å². The first-order chi connectivity index (χ1) is 5.98. The number of carbonyl (C=O) groups excluding carboxylic acids is 1. The van der Waals surface area contributed by atoms with Crippen LogP contribution in [-0.2, 0) is 18.4 Å². The van der Waals surface area contributed by atoms with Gasteiger partial charge in [-0.1, -0.05) is 0 Å². The molecule has 0 radical (unpaired) electrons. The van der Waals surface area contributed by atoms with Crippen molar-refractivity contribution in [2.75, 3.05) is 13.2 Å². The minimum absolute atomic E-state index is 0.202. The lowest BCUT2D eigenvalue weighted by molar-refractivity contribution is -0.115. The van der Waals surface area contributed by atoms with Crippen LogP contribution < -0.4 is 0 Å². The van der Waals surface area contributed by atoms with Crippen LogP contribution in [0, 0.1) is 0 Å². The van der Waals surface area contributed by atoms with Crippen molar-refractivity contribution < 1.29 is 18.4 Å². The van der Waals surface area contributed by atoms with Gasteiger partial charge in [-0.15, -0.1) is 11.6 Å². The van der Waals surface area contributed by atoms with Crippen LogP contribution in [-0.4, -0.2) is 24.1 Å². The Kier molecular flexibility index (Phi) is 5.81. The lowest BCUT2D eigenvalue weighted by Crippen LogP contribution is -2.15. The van der Waals surface area contributed by atoms with Gasteiger partial charge in [0, 0.05) is 0 Å². The third-order valence-electron chi connectivity index (χ3n) is 1.23. The van der Waals surface area contributed by atoms with Gasteiger partial charge in [-0.05, 0) is 20.8 Å². The highest BCUT2D eigenvalue weighted by molar-refractivity contribution is 7.57. The van der Waals surface area contributed by atoms with Crippen molar-refractivity contribution in [1.29, 1.82) is 0 Å². The summed E-state index contributed by atoms with van der Waals surface area (Å²) in [6, 6.07) is 0. The van der Waals surface area contributed by atoms with Crippen molar-refractivity contribution in [3.05, 3.63) is 0 Å². The van der Waals surface area contributed by atoms with Crippen LogP contribution in [0.1, 0.15) is 20.8 Å². The second kappa shape index (κ2) is 5.76. The summed E-state index contributed by atoms with van der Waals surface area (Å²) in [5.74, 6) is -0.410. The largest absolute Gasteiger partial charge is 0.355 e.